The zero-order chi connectivity index (χ0) is 25.8. The molecule has 2 atom stereocenters. The van der Waals surface area contributed by atoms with Crippen LogP contribution < -0.4 is 10.6 Å². The molecule has 34 heavy (non-hydrogen) atoms. The van der Waals surface area contributed by atoms with Gasteiger partial charge in [-0.3, -0.25) is 4.79 Å². The van der Waals surface area contributed by atoms with Crippen LogP contribution in [0, 0.1) is 12.8 Å². The largest absolute Gasteiger partial charge is 0.463 e. The Hall–Kier alpha value is -3.09. The Labute approximate surface area is 203 Å². The van der Waals surface area contributed by atoms with Crippen LogP contribution in [-0.4, -0.2) is 36.1 Å². The molecule has 0 radical (unpaired) electrons. The van der Waals surface area contributed by atoms with Crippen LogP contribution in [0.5, 0.6) is 0 Å². The van der Waals surface area contributed by atoms with Crippen LogP contribution in [0.2, 0.25) is 0 Å². The van der Waals surface area contributed by atoms with Gasteiger partial charge in [0.1, 0.15) is 11.6 Å². The maximum atomic E-state index is 13.7. The minimum Gasteiger partial charge on any atom is -0.463 e. The smallest absolute Gasteiger partial charge is 0.336 e. The highest BCUT2D eigenvalue weighted by molar-refractivity contribution is 6.03. The molecule has 0 spiro atoms. The van der Waals surface area contributed by atoms with Crippen LogP contribution in [0.4, 0.5) is 0 Å². The van der Waals surface area contributed by atoms with Crippen LogP contribution in [0.3, 0.4) is 0 Å². The lowest BCUT2D eigenvalue weighted by atomic mass is 9.79. The molecule has 1 heterocycles. The van der Waals surface area contributed by atoms with Crippen molar-refractivity contribution in [3.05, 3.63) is 57.9 Å². The molecule has 7 heteroatoms. The van der Waals surface area contributed by atoms with E-state index in [2.05, 4.69) is 10.6 Å². The van der Waals surface area contributed by atoms with Crippen molar-refractivity contribution >= 4 is 17.8 Å². The molecule has 0 fully saturated rings. The van der Waals surface area contributed by atoms with E-state index in [0.29, 0.717) is 22.5 Å². The zero-order valence-corrected chi connectivity index (χ0v) is 21.8. The van der Waals surface area contributed by atoms with Crippen molar-refractivity contribution in [2.75, 3.05) is 6.61 Å². The molecule has 0 saturated carbocycles. The van der Waals surface area contributed by atoms with Gasteiger partial charge in [0, 0.05) is 17.0 Å². The number of esters is 2. The summed E-state index contributed by atoms with van der Waals surface area (Å²) in [5, 5.41) is 6.04. The van der Waals surface area contributed by atoms with Crippen LogP contribution >= 0.6 is 0 Å². The minimum atomic E-state index is -0.844. The summed E-state index contributed by atoms with van der Waals surface area (Å²) in [5.74, 6) is -2.26. The number of aryl methyl sites for hydroxylation is 1. The van der Waals surface area contributed by atoms with Gasteiger partial charge >= 0.3 is 11.9 Å². The molecule has 7 nitrogen and oxygen atoms in total. The Morgan fingerprint density at radius 3 is 2.21 bits per heavy atom. The first-order chi connectivity index (χ1) is 15.8. The number of allylic oxidation sites excluding steroid dienone is 2. The number of carbonyl (C=O) groups is 3. The Kier molecular flexibility index (Phi) is 8.70. The molecule has 1 aromatic rings. The molecule has 0 aromatic heterocycles. The maximum absolute atomic E-state index is 13.7. The number of hydrogen-bond donors (Lipinski definition) is 2. The summed E-state index contributed by atoms with van der Waals surface area (Å²) in [6.45, 7) is 16.6. The van der Waals surface area contributed by atoms with Crippen LogP contribution in [0.15, 0.2) is 46.8 Å². The monoisotopic (exact) mass is 470 g/mol. The quantitative estimate of drug-likeness (QED) is 0.578. The third-order valence-corrected chi connectivity index (χ3v) is 5.49. The van der Waals surface area contributed by atoms with Gasteiger partial charge in [-0.1, -0.05) is 43.7 Å². The van der Waals surface area contributed by atoms with Gasteiger partial charge in [-0.15, -0.1) is 0 Å². The van der Waals surface area contributed by atoms with Gasteiger partial charge in [-0.25, -0.2) is 9.59 Å². The van der Waals surface area contributed by atoms with Crippen molar-refractivity contribution in [2.45, 2.75) is 79.9 Å². The van der Waals surface area contributed by atoms with Gasteiger partial charge in [-0.2, -0.15) is 0 Å². The van der Waals surface area contributed by atoms with E-state index in [-0.39, 0.29) is 12.5 Å². The Balaban J connectivity index is 2.55. The predicted molar refractivity (Wildman–Crippen MR) is 132 cm³/mol. The normalized spacial score (nSPS) is 17.3. The summed E-state index contributed by atoms with van der Waals surface area (Å²) in [7, 11) is 0. The molecule has 0 saturated heterocycles. The first kappa shape index (κ1) is 27.2. The van der Waals surface area contributed by atoms with E-state index in [4.69, 9.17) is 9.47 Å². The fourth-order valence-electron chi connectivity index (χ4n) is 4.04. The van der Waals surface area contributed by atoms with Crippen LogP contribution in [0.1, 0.15) is 72.4 Å². The highest BCUT2D eigenvalue weighted by Crippen LogP contribution is 2.39. The number of ether oxygens (including phenoxy) is 2. The lowest BCUT2D eigenvalue weighted by molar-refractivity contribution is -0.159. The van der Waals surface area contributed by atoms with Crippen molar-refractivity contribution in [1.29, 1.82) is 0 Å². The molecule has 1 aliphatic heterocycles. The summed E-state index contributed by atoms with van der Waals surface area (Å²) in [6, 6.07) is 6.86. The highest BCUT2D eigenvalue weighted by Gasteiger charge is 2.39. The van der Waals surface area contributed by atoms with Gasteiger partial charge in [0.25, 0.3) is 5.91 Å². The molecule has 1 aliphatic rings. The topological polar surface area (TPSA) is 93.7 Å². The first-order valence-corrected chi connectivity index (χ1v) is 11.7. The lowest BCUT2D eigenvalue weighted by Crippen LogP contribution is -2.49. The second-order valence-corrected chi connectivity index (χ2v) is 10.00. The summed E-state index contributed by atoms with van der Waals surface area (Å²) in [5.41, 5.74) is 3.11. The standard InChI is InChI=1S/C27H38N2O5/c1-10-33-25(31)21-18(6)28-17(5)20(22(21)19-13-11-12-16(4)14-19)24(30)29-23(15(2)3)26(32)34-27(7,8)9/h11-15,22-23,28H,10H2,1-9H3,(H,29,30). The molecule has 186 valence electrons. The van der Waals surface area contributed by atoms with Gasteiger partial charge < -0.3 is 20.1 Å². The molecule has 1 amide bonds. The van der Waals surface area contributed by atoms with E-state index in [1.54, 1.807) is 41.5 Å². The SMILES string of the molecule is CCOC(=O)C1=C(C)NC(C)=C(C(=O)NC(C(=O)OC(C)(C)C)C(C)C)C1c1cccc(C)c1. The van der Waals surface area contributed by atoms with Crippen LogP contribution in [-0.2, 0) is 23.9 Å². The maximum Gasteiger partial charge on any atom is 0.336 e. The van der Waals surface area contributed by atoms with E-state index in [1.165, 1.54) is 0 Å². The molecular weight excluding hydrogens is 432 g/mol. The Morgan fingerprint density at radius 2 is 1.68 bits per heavy atom. The van der Waals surface area contributed by atoms with Gasteiger partial charge in [0.05, 0.1) is 18.1 Å². The van der Waals surface area contributed by atoms with E-state index in [9.17, 15) is 14.4 Å². The fraction of sp³-hybridized carbons (Fsp3) is 0.519. The van der Waals surface area contributed by atoms with E-state index in [1.807, 2.05) is 45.0 Å². The zero-order valence-electron chi connectivity index (χ0n) is 21.8. The number of benzene rings is 1. The number of amides is 1. The summed E-state index contributed by atoms with van der Waals surface area (Å²) in [4.78, 5) is 39.6. The first-order valence-electron chi connectivity index (χ1n) is 11.7. The second-order valence-electron chi connectivity index (χ2n) is 10.00. The molecule has 1 aromatic carbocycles. The van der Waals surface area contributed by atoms with Crippen molar-refractivity contribution in [1.82, 2.24) is 10.6 Å². The van der Waals surface area contributed by atoms with Crippen molar-refractivity contribution in [3.8, 4) is 0 Å². The second kappa shape index (κ2) is 10.9. The number of dihydropyridines is 1. The molecular formula is C27H38N2O5. The molecule has 2 rings (SSSR count). The van der Waals surface area contributed by atoms with Crippen molar-refractivity contribution in [2.24, 2.45) is 5.92 Å². The average molecular weight is 471 g/mol. The lowest BCUT2D eigenvalue weighted by Gasteiger charge is -2.32. The van der Waals surface area contributed by atoms with E-state index in [0.717, 1.165) is 11.1 Å². The van der Waals surface area contributed by atoms with Crippen molar-refractivity contribution in [3.63, 3.8) is 0 Å². The summed E-state index contributed by atoms with van der Waals surface area (Å²) in [6.07, 6.45) is 0. The fourth-order valence-corrected chi connectivity index (χ4v) is 4.04. The average Bonchev–Trinajstić information content (AvgIpc) is 2.69. The van der Waals surface area contributed by atoms with Gasteiger partial charge in [0.15, 0.2) is 0 Å². The molecule has 0 aliphatic carbocycles. The Bertz CT molecular complexity index is 1010. The summed E-state index contributed by atoms with van der Waals surface area (Å²) >= 11 is 0. The Morgan fingerprint density at radius 1 is 1.06 bits per heavy atom. The van der Waals surface area contributed by atoms with E-state index < -0.39 is 35.4 Å². The molecule has 0 bridgehead atoms. The summed E-state index contributed by atoms with van der Waals surface area (Å²) < 4.78 is 10.9. The third kappa shape index (κ3) is 6.49. The number of rotatable bonds is 7. The minimum absolute atomic E-state index is 0.199. The number of hydrogen-bond acceptors (Lipinski definition) is 6. The molecule has 2 unspecified atom stereocenters. The van der Waals surface area contributed by atoms with Gasteiger partial charge in [-0.05, 0) is 59.9 Å². The van der Waals surface area contributed by atoms with Crippen LogP contribution in [0.25, 0.3) is 0 Å². The predicted octanol–water partition coefficient (Wildman–Crippen LogP) is 4.28. The van der Waals surface area contributed by atoms with E-state index >= 15 is 0 Å². The number of carbonyl (C=O) groups excluding carboxylic acids is 3. The highest BCUT2D eigenvalue weighted by atomic mass is 16.6. The third-order valence-electron chi connectivity index (χ3n) is 5.49. The number of nitrogens with one attached hydrogen (secondary N) is 2. The van der Waals surface area contributed by atoms with Gasteiger partial charge in [0.2, 0.25) is 0 Å². The molecule has 2 N–H and O–H groups in total. The van der Waals surface area contributed by atoms with Crippen molar-refractivity contribution < 1.29 is 23.9 Å².